The van der Waals surface area contributed by atoms with Crippen molar-refractivity contribution >= 4 is 0 Å². The van der Waals surface area contributed by atoms with Gasteiger partial charge in [0.2, 0.25) is 0 Å². The van der Waals surface area contributed by atoms with Crippen molar-refractivity contribution in [2.45, 2.75) is 46.0 Å². The first-order valence-electron chi connectivity index (χ1n) is 4.72. The molecule has 0 aromatic carbocycles. The highest BCUT2D eigenvalue weighted by Crippen LogP contribution is 1.98. The molecule has 0 rings (SSSR count). The summed E-state index contributed by atoms with van der Waals surface area (Å²) in [5.74, 6) is 0. The lowest BCUT2D eigenvalue weighted by Crippen LogP contribution is -2.13. The summed E-state index contributed by atoms with van der Waals surface area (Å²) in [5, 5.41) is 3.32. The highest BCUT2D eigenvalue weighted by Gasteiger charge is 1.89. The third-order valence-corrected chi connectivity index (χ3v) is 1.71. The fourth-order valence-electron chi connectivity index (χ4n) is 1.03. The van der Waals surface area contributed by atoms with Gasteiger partial charge < -0.3 is 5.32 Å². The zero-order chi connectivity index (χ0) is 8.53. The van der Waals surface area contributed by atoms with Gasteiger partial charge in [0.25, 0.3) is 0 Å². The summed E-state index contributed by atoms with van der Waals surface area (Å²) >= 11 is 0. The van der Waals surface area contributed by atoms with Gasteiger partial charge in [-0.05, 0) is 12.8 Å². The Bertz CT molecular complexity index is 97.0. The van der Waals surface area contributed by atoms with Crippen LogP contribution in [0.15, 0.2) is 12.3 Å². The van der Waals surface area contributed by atoms with Gasteiger partial charge in [-0.1, -0.05) is 39.7 Å². The van der Waals surface area contributed by atoms with Crippen LogP contribution in [0.3, 0.4) is 0 Å². The molecule has 0 aromatic rings. The van der Waals surface area contributed by atoms with Gasteiger partial charge in [0.1, 0.15) is 0 Å². The van der Waals surface area contributed by atoms with Gasteiger partial charge in [-0.15, -0.1) is 0 Å². The van der Waals surface area contributed by atoms with Crippen molar-refractivity contribution in [3.05, 3.63) is 12.3 Å². The average Bonchev–Trinajstić information content (AvgIpc) is 1.99. The molecule has 0 heterocycles. The summed E-state index contributed by atoms with van der Waals surface area (Å²) in [5.41, 5.74) is 1.20. The van der Waals surface area contributed by atoms with E-state index < -0.39 is 0 Å². The zero-order valence-corrected chi connectivity index (χ0v) is 7.95. The maximum atomic E-state index is 3.93. The monoisotopic (exact) mass is 155 g/mol. The molecule has 0 aliphatic rings. The first kappa shape index (κ1) is 10.5. The maximum Gasteiger partial charge on any atom is 0.0143 e. The highest BCUT2D eigenvalue weighted by molar-refractivity contribution is 4.89. The molecular formula is C10H21N. The van der Waals surface area contributed by atoms with Crippen LogP contribution < -0.4 is 5.32 Å². The minimum atomic E-state index is 1.10. The van der Waals surface area contributed by atoms with Crippen LogP contribution in [0, 0.1) is 0 Å². The fourth-order valence-corrected chi connectivity index (χ4v) is 1.03. The topological polar surface area (TPSA) is 12.0 Å². The van der Waals surface area contributed by atoms with Crippen LogP contribution >= 0.6 is 0 Å². The number of allylic oxidation sites excluding steroid dienone is 1. The van der Waals surface area contributed by atoms with Crippen molar-refractivity contribution in [3.8, 4) is 0 Å². The lowest BCUT2D eigenvalue weighted by Gasteiger charge is -2.06. The molecule has 0 fully saturated rings. The summed E-state index contributed by atoms with van der Waals surface area (Å²) in [4.78, 5) is 0. The molecule has 0 unspecified atom stereocenters. The molecule has 11 heavy (non-hydrogen) atoms. The molecule has 66 valence electrons. The minimum absolute atomic E-state index is 1.10. The second kappa shape index (κ2) is 7.64. The molecule has 0 amide bonds. The van der Waals surface area contributed by atoms with Crippen LogP contribution in [-0.2, 0) is 0 Å². The molecule has 1 heteroatoms. The summed E-state index contributed by atoms with van der Waals surface area (Å²) < 4.78 is 0. The van der Waals surface area contributed by atoms with Gasteiger partial charge in [0.05, 0.1) is 0 Å². The predicted octanol–water partition coefficient (Wildman–Crippen LogP) is 3.08. The SMILES string of the molecule is C=C(CCC)NCCCCC. The molecule has 0 aromatic heterocycles. The van der Waals surface area contributed by atoms with Gasteiger partial charge in [-0.25, -0.2) is 0 Å². The lowest BCUT2D eigenvalue weighted by molar-refractivity contribution is 0.650. The van der Waals surface area contributed by atoms with E-state index in [1.165, 1.54) is 31.4 Å². The second-order valence-electron chi connectivity index (χ2n) is 2.99. The van der Waals surface area contributed by atoms with Crippen molar-refractivity contribution in [1.29, 1.82) is 0 Å². The first-order chi connectivity index (χ1) is 5.31. The molecule has 0 aliphatic heterocycles. The molecule has 0 spiro atoms. The van der Waals surface area contributed by atoms with E-state index in [9.17, 15) is 0 Å². The van der Waals surface area contributed by atoms with Crippen LogP contribution in [-0.4, -0.2) is 6.54 Å². The van der Waals surface area contributed by atoms with Crippen molar-refractivity contribution in [1.82, 2.24) is 5.32 Å². The van der Waals surface area contributed by atoms with E-state index >= 15 is 0 Å². The standard InChI is InChI=1S/C10H21N/c1-4-6-7-9-11-10(3)8-5-2/h11H,3-9H2,1-2H3. The Balaban J connectivity index is 3.04. The van der Waals surface area contributed by atoms with Gasteiger partial charge >= 0.3 is 0 Å². The Hall–Kier alpha value is -0.460. The van der Waals surface area contributed by atoms with Crippen molar-refractivity contribution in [3.63, 3.8) is 0 Å². The Kier molecular flexibility index (Phi) is 7.33. The zero-order valence-electron chi connectivity index (χ0n) is 7.95. The molecule has 1 N–H and O–H groups in total. The smallest absolute Gasteiger partial charge is 0.0143 e. The van der Waals surface area contributed by atoms with Gasteiger partial charge in [-0.2, -0.15) is 0 Å². The molecule has 0 aliphatic carbocycles. The summed E-state index contributed by atoms with van der Waals surface area (Å²) in [7, 11) is 0. The largest absolute Gasteiger partial charge is 0.389 e. The fraction of sp³-hybridized carbons (Fsp3) is 0.800. The van der Waals surface area contributed by atoms with E-state index in [4.69, 9.17) is 0 Å². The summed E-state index contributed by atoms with van der Waals surface area (Å²) in [6, 6.07) is 0. The average molecular weight is 155 g/mol. The number of nitrogens with one attached hydrogen (secondary N) is 1. The second-order valence-corrected chi connectivity index (χ2v) is 2.99. The molecule has 0 saturated heterocycles. The predicted molar refractivity (Wildman–Crippen MR) is 51.6 cm³/mol. The van der Waals surface area contributed by atoms with E-state index in [2.05, 4.69) is 25.7 Å². The Morgan fingerprint density at radius 3 is 2.45 bits per heavy atom. The van der Waals surface area contributed by atoms with E-state index in [1.807, 2.05) is 0 Å². The quantitative estimate of drug-likeness (QED) is 0.557. The Morgan fingerprint density at radius 1 is 1.18 bits per heavy atom. The Morgan fingerprint density at radius 2 is 1.91 bits per heavy atom. The molecular weight excluding hydrogens is 134 g/mol. The molecule has 0 radical (unpaired) electrons. The van der Waals surface area contributed by atoms with Crippen LogP contribution in [0.25, 0.3) is 0 Å². The number of unbranched alkanes of at least 4 members (excludes halogenated alkanes) is 2. The van der Waals surface area contributed by atoms with Crippen LogP contribution in [0.2, 0.25) is 0 Å². The van der Waals surface area contributed by atoms with E-state index in [1.54, 1.807) is 0 Å². The summed E-state index contributed by atoms with van der Waals surface area (Å²) in [6.07, 6.45) is 6.21. The van der Waals surface area contributed by atoms with Crippen molar-refractivity contribution in [2.75, 3.05) is 6.54 Å². The van der Waals surface area contributed by atoms with E-state index in [-0.39, 0.29) is 0 Å². The van der Waals surface area contributed by atoms with Crippen LogP contribution in [0.1, 0.15) is 46.0 Å². The first-order valence-corrected chi connectivity index (χ1v) is 4.72. The van der Waals surface area contributed by atoms with Gasteiger partial charge in [0.15, 0.2) is 0 Å². The lowest BCUT2D eigenvalue weighted by atomic mass is 10.2. The van der Waals surface area contributed by atoms with E-state index in [0.717, 1.165) is 13.0 Å². The number of hydrogen-bond acceptors (Lipinski definition) is 1. The minimum Gasteiger partial charge on any atom is -0.389 e. The van der Waals surface area contributed by atoms with Gasteiger partial charge in [-0.3, -0.25) is 0 Å². The maximum absolute atomic E-state index is 3.93. The number of hydrogen-bond donors (Lipinski definition) is 1. The molecule has 0 bridgehead atoms. The third-order valence-electron chi connectivity index (χ3n) is 1.71. The van der Waals surface area contributed by atoms with Gasteiger partial charge in [0, 0.05) is 12.2 Å². The molecule has 1 nitrogen and oxygen atoms in total. The highest BCUT2D eigenvalue weighted by atomic mass is 14.9. The van der Waals surface area contributed by atoms with Crippen LogP contribution in [0.4, 0.5) is 0 Å². The third kappa shape index (κ3) is 7.44. The number of rotatable bonds is 7. The van der Waals surface area contributed by atoms with Crippen LogP contribution in [0.5, 0.6) is 0 Å². The van der Waals surface area contributed by atoms with E-state index in [0.29, 0.717) is 0 Å². The Labute approximate surface area is 70.9 Å². The molecule has 0 atom stereocenters. The van der Waals surface area contributed by atoms with Crippen molar-refractivity contribution in [2.24, 2.45) is 0 Å². The van der Waals surface area contributed by atoms with Crippen molar-refractivity contribution < 1.29 is 0 Å². The normalized spacial score (nSPS) is 9.64. The molecule has 0 saturated carbocycles. The summed E-state index contributed by atoms with van der Waals surface area (Å²) in [6.45, 7) is 9.44.